The molecule has 0 radical (unpaired) electrons. The highest BCUT2D eigenvalue weighted by molar-refractivity contribution is 6.42. The molecule has 6 heteroatoms. The van der Waals surface area contributed by atoms with Gasteiger partial charge in [-0.25, -0.2) is 0 Å². The molecule has 1 saturated heterocycles. The van der Waals surface area contributed by atoms with E-state index in [0.29, 0.717) is 55.5 Å². The molecular weight excluding hydrogens is 407 g/mol. The van der Waals surface area contributed by atoms with E-state index in [2.05, 4.69) is 12.1 Å². The summed E-state index contributed by atoms with van der Waals surface area (Å²) in [6, 6.07) is 15.7. The molecule has 1 fully saturated rings. The molecule has 0 atom stereocenters. The molecule has 2 aromatic rings. The smallest absolute Gasteiger partial charge is 0.223 e. The third kappa shape index (κ3) is 6.22. The molecule has 1 aliphatic heterocycles. The molecule has 3 rings (SSSR count). The summed E-state index contributed by atoms with van der Waals surface area (Å²) in [5.41, 5.74) is 2.15. The maximum absolute atomic E-state index is 12.5. The number of benzene rings is 2. The molecule has 154 valence electrons. The van der Waals surface area contributed by atoms with Gasteiger partial charge in [0.1, 0.15) is 0 Å². The molecule has 0 spiro atoms. The van der Waals surface area contributed by atoms with Crippen molar-refractivity contribution in [1.82, 2.24) is 9.80 Å². The van der Waals surface area contributed by atoms with Gasteiger partial charge in [0.05, 0.1) is 10.0 Å². The molecular formula is C23H26Cl2N2O2. The minimum absolute atomic E-state index is 0.0946. The van der Waals surface area contributed by atoms with E-state index in [9.17, 15) is 9.59 Å². The van der Waals surface area contributed by atoms with Crippen LogP contribution in [0, 0.1) is 0 Å². The van der Waals surface area contributed by atoms with Gasteiger partial charge in [0, 0.05) is 39.0 Å². The van der Waals surface area contributed by atoms with Crippen LogP contribution >= 0.6 is 23.2 Å². The highest BCUT2D eigenvalue weighted by Crippen LogP contribution is 2.26. The number of amides is 2. The minimum atomic E-state index is 0.0946. The molecule has 0 aromatic heterocycles. The van der Waals surface area contributed by atoms with E-state index in [1.165, 1.54) is 5.56 Å². The van der Waals surface area contributed by atoms with Crippen molar-refractivity contribution in [3.05, 3.63) is 69.7 Å². The lowest BCUT2D eigenvalue weighted by atomic mass is 10.1. The van der Waals surface area contributed by atoms with Crippen LogP contribution < -0.4 is 0 Å². The monoisotopic (exact) mass is 432 g/mol. The van der Waals surface area contributed by atoms with Gasteiger partial charge >= 0.3 is 0 Å². The molecule has 0 aliphatic carbocycles. The van der Waals surface area contributed by atoms with Gasteiger partial charge in [-0.15, -0.1) is 0 Å². The summed E-state index contributed by atoms with van der Waals surface area (Å²) in [6.07, 6.45) is 3.28. The van der Waals surface area contributed by atoms with Crippen LogP contribution in [-0.2, 0) is 22.4 Å². The lowest BCUT2D eigenvalue weighted by molar-refractivity contribution is -0.139. The van der Waals surface area contributed by atoms with Crippen LogP contribution in [0.15, 0.2) is 48.5 Å². The quantitative estimate of drug-likeness (QED) is 0.640. The SMILES string of the molecule is O=C(CCCc1ccccc1)N1CCN(C(=O)CCc2cccc(Cl)c2Cl)CC1. The predicted octanol–water partition coefficient (Wildman–Crippen LogP) is 4.62. The fourth-order valence-corrected chi connectivity index (χ4v) is 4.01. The summed E-state index contributed by atoms with van der Waals surface area (Å²) >= 11 is 12.2. The van der Waals surface area contributed by atoms with E-state index in [1.54, 1.807) is 6.07 Å². The standard InChI is InChI=1S/C23H26Cl2N2O2/c24-20-10-5-9-19(23(20)25)12-13-22(29)27-16-14-26(15-17-27)21(28)11-4-8-18-6-2-1-3-7-18/h1-3,5-7,9-10H,4,8,11-17H2. The Morgan fingerprint density at radius 3 is 2.03 bits per heavy atom. The molecule has 0 N–H and O–H groups in total. The molecule has 0 unspecified atom stereocenters. The average molecular weight is 433 g/mol. The Kier molecular flexibility index (Phi) is 7.96. The van der Waals surface area contributed by atoms with Crippen LogP contribution in [0.4, 0.5) is 0 Å². The van der Waals surface area contributed by atoms with Crippen LogP contribution in [0.5, 0.6) is 0 Å². The Hall–Kier alpha value is -2.04. The second-order valence-corrected chi connectivity index (χ2v) is 8.10. The Labute approximate surface area is 182 Å². The number of carbonyl (C=O) groups is 2. The molecule has 1 heterocycles. The second kappa shape index (κ2) is 10.7. The number of piperazine rings is 1. The third-order valence-electron chi connectivity index (χ3n) is 5.32. The maximum Gasteiger partial charge on any atom is 0.223 e. The lowest BCUT2D eigenvalue weighted by Gasteiger charge is -2.35. The topological polar surface area (TPSA) is 40.6 Å². The van der Waals surface area contributed by atoms with Crippen LogP contribution in [0.3, 0.4) is 0 Å². The number of hydrogen-bond donors (Lipinski definition) is 0. The Morgan fingerprint density at radius 1 is 0.759 bits per heavy atom. The van der Waals surface area contributed by atoms with Crippen LogP contribution in [0.25, 0.3) is 0 Å². The zero-order valence-corrected chi connectivity index (χ0v) is 18.0. The largest absolute Gasteiger partial charge is 0.339 e. The van der Waals surface area contributed by atoms with Gasteiger partial charge in [0.25, 0.3) is 0 Å². The van der Waals surface area contributed by atoms with Crippen molar-refractivity contribution in [2.45, 2.75) is 32.1 Å². The van der Waals surface area contributed by atoms with E-state index in [0.717, 1.165) is 18.4 Å². The lowest BCUT2D eigenvalue weighted by Crippen LogP contribution is -2.50. The Morgan fingerprint density at radius 2 is 1.38 bits per heavy atom. The summed E-state index contributed by atoms with van der Waals surface area (Å²) < 4.78 is 0. The first-order valence-electron chi connectivity index (χ1n) is 10.1. The molecule has 2 amide bonds. The number of rotatable bonds is 7. The van der Waals surface area contributed by atoms with Gasteiger partial charge in [-0.05, 0) is 36.5 Å². The Balaban J connectivity index is 1.38. The van der Waals surface area contributed by atoms with Crippen molar-refractivity contribution in [1.29, 1.82) is 0 Å². The Bertz CT molecular complexity index is 834. The summed E-state index contributed by atoms with van der Waals surface area (Å²) in [7, 11) is 0. The molecule has 29 heavy (non-hydrogen) atoms. The van der Waals surface area contributed by atoms with Crippen LogP contribution in [0.1, 0.15) is 30.4 Å². The van der Waals surface area contributed by atoms with Gasteiger partial charge in [0.15, 0.2) is 0 Å². The summed E-state index contributed by atoms with van der Waals surface area (Å²) in [4.78, 5) is 28.7. The van der Waals surface area contributed by atoms with Crippen molar-refractivity contribution in [3.63, 3.8) is 0 Å². The summed E-state index contributed by atoms with van der Waals surface area (Å²) in [6.45, 7) is 2.39. The zero-order chi connectivity index (χ0) is 20.6. The van der Waals surface area contributed by atoms with Crippen molar-refractivity contribution in [2.75, 3.05) is 26.2 Å². The van der Waals surface area contributed by atoms with Crippen molar-refractivity contribution in [3.8, 4) is 0 Å². The van der Waals surface area contributed by atoms with E-state index in [-0.39, 0.29) is 11.8 Å². The molecule has 4 nitrogen and oxygen atoms in total. The first-order valence-corrected chi connectivity index (χ1v) is 10.8. The van der Waals surface area contributed by atoms with E-state index >= 15 is 0 Å². The third-order valence-corrected chi connectivity index (χ3v) is 6.18. The maximum atomic E-state index is 12.5. The van der Waals surface area contributed by atoms with Gasteiger partial charge in [-0.1, -0.05) is 65.7 Å². The van der Waals surface area contributed by atoms with Gasteiger partial charge in [0.2, 0.25) is 11.8 Å². The number of aryl methyl sites for hydroxylation is 2. The minimum Gasteiger partial charge on any atom is -0.339 e. The highest BCUT2D eigenvalue weighted by atomic mass is 35.5. The number of nitrogens with zero attached hydrogens (tertiary/aromatic N) is 2. The zero-order valence-electron chi connectivity index (χ0n) is 16.4. The van der Waals surface area contributed by atoms with E-state index in [4.69, 9.17) is 23.2 Å². The van der Waals surface area contributed by atoms with Gasteiger partial charge in [-0.2, -0.15) is 0 Å². The number of halogens is 2. The van der Waals surface area contributed by atoms with Gasteiger partial charge < -0.3 is 9.80 Å². The summed E-state index contributed by atoms with van der Waals surface area (Å²) in [5, 5.41) is 1.03. The normalized spacial score (nSPS) is 14.1. The van der Waals surface area contributed by atoms with E-state index < -0.39 is 0 Å². The fourth-order valence-electron chi connectivity index (χ4n) is 3.59. The number of hydrogen-bond acceptors (Lipinski definition) is 2. The van der Waals surface area contributed by atoms with Crippen molar-refractivity contribution >= 4 is 35.0 Å². The predicted molar refractivity (Wildman–Crippen MR) is 117 cm³/mol. The van der Waals surface area contributed by atoms with Crippen molar-refractivity contribution < 1.29 is 9.59 Å². The van der Waals surface area contributed by atoms with E-state index in [1.807, 2.05) is 40.1 Å². The molecule has 0 saturated carbocycles. The second-order valence-electron chi connectivity index (χ2n) is 7.31. The first-order chi connectivity index (χ1) is 14.0. The van der Waals surface area contributed by atoms with Gasteiger partial charge in [-0.3, -0.25) is 9.59 Å². The molecule has 0 bridgehead atoms. The number of carbonyl (C=O) groups excluding carboxylic acids is 2. The summed E-state index contributed by atoms with van der Waals surface area (Å²) in [5.74, 6) is 0.274. The van der Waals surface area contributed by atoms with Crippen LogP contribution in [0.2, 0.25) is 10.0 Å². The highest BCUT2D eigenvalue weighted by Gasteiger charge is 2.23. The first kappa shape index (κ1) is 21.7. The molecule has 1 aliphatic rings. The van der Waals surface area contributed by atoms with Crippen molar-refractivity contribution in [2.24, 2.45) is 0 Å². The fraction of sp³-hybridized carbons (Fsp3) is 0.391. The van der Waals surface area contributed by atoms with Crippen LogP contribution in [-0.4, -0.2) is 47.8 Å². The average Bonchev–Trinajstić information content (AvgIpc) is 2.75. The molecule has 2 aromatic carbocycles.